The minimum Gasteiger partial charge on any atom is -0.462 e. The molecule has 28 heavy (non-hydrogen) atoms. The van der Waals surface area contributed by atoms with Gasteiger partial charge in [-0.15, -0.1) is 15.3 Å². The van der Waals surface area contributed by atoms with Crippen molar-refractivity contribution in [2.75, 3.05) is 6.61 Å². The Bertz CT molecular complexity index is 391. The summed E-state index contributed by atoms with van der Waals surface area (Å²) in [6.07, 6.45) is 21.8. The molecule has 0 aliphatic rings. The zero-order valence-electron chi connectivity index (χ0n) is 19.1. The third-order valence-electron chi connectivity index (χ3n) is 5.25. The summed E-state index contributed by atoms with van der Waals surface area (Å²) in [5.74, 6) is -0.254. The van der Waals surface area contributed by atoms with E-state index in [1.807, 2.05) is 0 Å². The average molecular weight is 476 g/mol. The summed E-state index contributed by atoms with van der Waals surface area (Å²) in [5.41, 5.74) is 0.492. The van der Waals surface area contributed by atoms with Crippen LogP contribution in [-0.2, 0) is 9.53 Å². The molecule has 4 heteroatoms. The van der Waals surface area contributed by atoms with Gasteiger partial charge in [-0.3, -0.25) is 0 Å². The van der Waals surface area contributed by atoms with Crippen LogP contribution in [0.25, 0.3) is 0 Å². The average Bonchev–Trinajstić information content (AvgIpc) is 2.62. The molecule has 0 unspecified atom stereocenters. The predicted octanol–water partition coefficient (Wildman–Crippen LogP) is 8.95. The van der Waals surface area contributed by atoms with E-state index in [4.69, 9.17) is 4.74 Å². The lowest BCUT2D eigenvalue weighted by molar-refractivity contribution is -0.139. The molecule has 0 heterocycles. The van der Waals surface area contributed by atoms with Crippen LogP contribution in [-0.4, -0.2) is 19.3 Å². The topological polar surface area (TPSA) is 26.3 Å². The second kappa shape index (κ2) is 18.9. The highest BCUT2D eigenvalue weighted by Gasteiger charge is 2.14. The highest BCUT2D eigenvalue weighted by Crippen LogP contribution is 2.21. The summed E-state index contributed by atoms with van der Waals surface area (Å²) >= 11 is 3.86. The SMILES string of the molecule is C=C(C)C(=O)OCCCCCCCCCCCCCCCCCC[Si](C)(C)Br. The molecular weight excluding hydrogens is 428 g/mol. The van der Waals surface area contributed by atoms with Crippen molar-refractivity contribution in [1.82, 2.24) is 0 Å². The smallest absolute Gasteiger partial charge is 0.333 e. The maximum atomic E-state index is 11.2. The lowest BCUT2D eigenvalue weighted by Crippen LogP contribution is -2.13. The molecule has 0 bridgehead atoms. The molecule has 0 spiro atoms. The Kier molecular flexibility index (Phi) is 18.8. The first kappa shape index (κ1) is 27.9. The summed E-state index contributed by atoms with van der Waals surface area (Å²) in [6.45, 7) is 9.65. The van der Waals surface area contributed by atoms with Crippen molar-refractivity contribution in [2.24, 2.45) is 0 Å². The summed E-state index contributed by atoms with van der Waals surface area (Å²) in [7, 11) is 0. The van der Waals surface area contributed by atoms with E-state index in [-0.39, 0.29) is 5.97 Å². The molecule has 0 saturated carbocycles. The van der Waals surface area contributed by atoms with Gasteiger partial charge >= 0.3 is 5.97 Å². The van der Waals surface area contributed by atoms with Gasteiger partial charge in [-0.2, -0.15) is 0 Å². The Balaban J connectivity index is 3.10. The van der Waals surface area contributed by atoms with E-state index >= 15 is 0 Å². The largest absolute Gasteiger partial charge is 0.462 e. The predicted molar refractivity (Wildman–Crippen MR) is 131 cm³/mol. The van der Waals surface area contributed by atoms with Crippen LogP contribution in [0.5, 0.6) is 0 Å². The molecule has 0 fully saturated rings. The fraction of sp³-hybridized carbons (Fsp3) is 0.875. The van der Waals surface area contributed by atoms with Gasteiger partial charge in [-0.05, 0) is 19.4 Å². The summed E-state index contributed by atoms with van der Waals surface area (Å²) in [5, 5.41) is 0. The fourth-order valence-corrected chi connectivity index (χ4v) is 5.34. The number of hydrogen-bond acceptors (Lipinski definition) is 2. The van der Waals surface area contributed by atoms with E-state index in [0.717, 1.165) is 6.42 Å². The maximum Gasteiger partial charge on any atom is 0.333 e. The number of hydrogen-bond donors (Lipinski definition) is 0. The molecule has 0 radical (unpaired) electrons. The number of carbonyl (C=O) groups excluding carboxylic acids is 1. The molecule has 0 aromatic carbocycles. The van der Waals surface area contributed by atoms with Crippen LogP contribution in [0.4, 0.5) is 0 Å². The molecular formula is C24H47BrO2Si. The third-order valence-corrected chi connectivity index (χ3v) is 7.98. The first-order chi connectivity index (χ1) is 13.3. The zero-order chi connectivity index (χ0) is 21.1. The van der Waals surface area contributed by atoms with Gasteiger partial charge in [0.05, 0.1) is 6.61 Å². The van der Waals surface area contributed by atoms with Gasteiger partial charge in [0.15, 0.2) is 0 Å². The van der Waals surface area contributed by atoms with Crippen LogP contribution in [0, 0.1) is 0 Å². The van der Waals surface area contributed by atoms with Crippen molar-refractivity contribution >= 4 is 28.0 Å². The highest BCUT2D eigenvalue weighted by atomic mass is 79.9. The summed E-state index contributed by atoms with van der Waals surface area (Å²) in [6, 6.07) is 1.43. The number of esters is 1. The zero-order valence-corrected chi connectivity index (χ0v) is 21.7. The van der Waals surface area contributed by atoms with Gasteiger partial charge in [0.1, 0.15) is 6.69 Å². The normalized spacial score (nSPS) is 11.6. The van der Waals surface area contributed by atoms with Crippen molar-refractivity contribution in [2.45, 2.75) is 129 Å². The Morgan fingerprint density at radius 1 is 0.714 bits per heavy atom. The van der Waals surface area contributed by atoms with E-state index in [1.165, 1.54) is 102 Å². The van der Waals surface area contributed by atoms with Gasteiger partial charge in [0.2, 0.25) is 0 Å². The van der Waals surface area contributed by atoms with Crippen molar-refractivity contribution in [3.63, 3.8) is 0 Å². The molecule has 0 rings (SSSR count). The van der Waals surface area contributed by atoms with Crippen LogP contribution in [0.2, 0.25) is 19.1 Å². The van der Waals surface area contributed by atoms with Crippen LogP contribution >= 0.6 is 15.3 Å². The van der Waals surface area contributed by atoms with E-state index in [0.29, 0.717) is 12.2 Å². The lowest BCUT2D eigenvalue weighted by Gasteiger charge is -2.12. The Morgan fingerprint density at radius 2 is 1.04 bits per heavy atom. The Labute approximate surface area is 184 Å². The molecule has 0 aromatic rings. The van der Waals surface area contributed by atoms with Crippen LogP contribution in [0.15, 0.2) is 12.2 Å². The molecule has 0 aliphatic carbocycles. The molecule has 0 aromatic heterocycles. The van der Waals surface area contributed by atoms with Gasteiger partial charge in [-0.25, -0.2) is 4.79 Å². The van der Waals surface area contributed by atoms with Gasteiger partial charge in [0.25, 0.3) is 0 Å². The van der Waals surface area contributed by atoms with Crippen molar-refractivity contribution in [3.05, 3.63) is 12.2 Å². The molecule has 0 atom stereocenters. The minimum absolute atomic E-state index is 0.254. The molecule has 0 saturated heterocycles. The number of unbranched alkanes of at least 4 members (excludes halogenated alkanes) is 15. The van der Waals surface area contributed by atoms with Gasteiger partial charge in [0, 0.05) is 5.57 Å². The number of rotatable bonds is 20. The molecule has 0 N–H and O–H groups in total. The van der Waals surface area contributed by atoms with E-state index in [2.05, 4.69) is 35.0 Å². The molecule has 2 nitrogen and oxygen atoms in total. The lowest BCUT2D eigenvalue weighted by atomic mass is 10.0. The Morgan fingerprint density at radius 3 is 1.36 bits per heavy atom. The van der Waals surface area contributed by atoms with Crippen molar-refractivity contribution in [1.29, 1.82) is 0 Å². The Hall–Kier alpha value is -0.0931. The van der Waals surface area contributed by atoms with Crippen LogP contribution in [0.1, 0.15) is 110 Å². The minimum atomic E-state index is -0.982. The quantitative estimate of drug-likeness (QED) is 0.0577. The van der Waals surface area contributed by atoms with E-state index in [1.54, 1.807) is 6.92 Å². The van der Waals surface area contributed by atoms with Gasteiger partial charge in [-0.1, -0.05) is 116 Å². The van der Waals surface area contributed by atoms with Gasteiger partial charge < -0.3 is 4.74 Å². The van der Waals surface area contributed by atoms with Crippen molar-refractivity contribution < 1.29 is 9.53 Å². The second-order valence-electron chi connectivity index (χ2n) is 9.04. The molecule has 166 valence electrons. The highest BCUT2D eigenvalue weighted by molar-refractivity contribution is 9.26. The first-order valence-electron chi connectivity index (χ1n) is 11.8. The van der Waals surface area contributed by atoms with Crippen LogP contribution < -0.4 is 0 Å². The number of carbonyl (C=O) groups is 1. The summed E-state index contributed by atoms with van der Waals surface area (Å²) < 4.78 is 5.10. The summed E-state index contributed by atoms with van der Waals surface area (Å²) in [4.78, 5) is 11.2. The molecule has 0 amide bonds. The van der Waals surface area contributed by atoms with Crippen molar-refractivity contribution in [3.8, 4) is 0 Å². The number of ether oxygens (including phenoxy) is 1. The van der Waals surface area contributed by atoms with E-state index in [9.17, 15) is 4.79 Å². The number of halogens is 1. The fourth-order valence-electron chi connectivity index (χ4n) is 3.41. The van der Waals surface area contributed by atoms with E-state index < -0.39 is 6.69 Å². The standard InChI is InChI=1S/C24H47BrO2Si/c1-23(2)24(26)27-21-19-17-15-13-11-9-7-5-6-8-10-12-14-16-18-20-22-28(3,4)25/h1,5-22H2,2-4H3. The maximum absolute atomic E-state index is 11.2. The third kappa shape index (κ3) is 22.2. The second-order valence-corrected chi connectivity index (χ2v) is 19.4. The molecule has 0 aliphatic heterocycles. The first-order valence-corrected chi connectivity index (χ1v) is 17.3. The van der Waals surface area contributed by atoms with Crippen LogP contribution in [0.3, 0.4) is 0 Å². The monoisotopic (exact) mass is 474 g/mol.